The molecule has 24 heavy (non-hydrogen) atoms. The predicted molar refractivity (Wildman–Crippen MR) is 92.4 cm³/mol. The minimum atomic E-state index is -0.483. The standard InChI is InChI=1S/C19H14N2O3/c22-19(15-9-3-1-4-10-15)20(16-11-5-2-6-12-16)17-13-7-8-14-18(17)21(23)24/h1-14H. The van der Waals surface area contributed by atoms with Crippen molar-refractivity contribution in [1.82, 2.24) is 0 Å². The Morgan fingerprint density at radius 1 is 0.792 bits per heavy atom. The first-order valence-corrected chi connectivity index (χ1v) is 7.36. The zero-order valence-electron chi connectivity index (χ0n) is 12.7. The first-order valence-electron chi connectivity index (χ1n) is 7.36. The molecule has 1 amide bonds. The molecule has 3 rings (SSSR count). The lowest BCUT2D eigenvalue weighted by molar-refractivity contribution is -0.384. The van der Waals surface area contributed by atoms with Crippen LogP contribution >= 0.6 is 0 Å². The Labute approximate surface area is 138 Å². The minimum absolute atomic E-state index is 0.120. The van der Waals surface area contributed by atoms with Crippen LogP contribution in [0.25, 0.3) is 0 Å². The zero-order chi connectivity index (χ0) is 16.9. The fourth-order valence-electron chi connectivity index (χ4n) is 2.46. The highest BCUT2D eigenvalue weighted by atomic mass is 16.6. The van der Waals surface area contributed by atoms with E-state index in [-0.39, 0.29) is 17.3 Å². The van der Waals surface area contributed by atoms with Gasteiger partial charge in [0, 0.05) is 17.3 Å². The maximum absolute atomic E-state index is 13.0. The lowest BCUT2D eigenvalue weighted by Crippen LogP contribution is -2.26. The summed E-state index contributed by atoms with van der Waals surface area (Å²) >= 11 is 0. The van der Waals surface area contributed by atoms with E-state index in [4.69, 9.17) is 0 Å². The van der Waals surface area contributed by atoms with Gasteiger partial charge < -0.3 is 0 Å². The summed E-state index contributed by atoms with van der Waals surface area (Å²) in [6.45, 7) is 0. The van der Waals surface area contributed by atoms with Gasteiger partial charge in [-0.1, -0.05) is 48.5 Å². The fraction of sp³-hybridized carbons (Fsp3) is 0. The van der Waals surface area contributed by atoms with Crippen LogP contribution in [0, 0.1) is 10.1 Å². The summed E-state index contributed by atoms with van der Waals surface area (Å²) in [7, 11) is 0. The van der Waals surface area contributed by atoms with Crippen molar-refractivity contribution in [3.63, 3.8) is 0 Å². The van der Waals surface area contributed by atoms with E-state index >= 15 is 0 Å². The molecular weight excluding hydrogens is 304 g/mol. The third-order valence-electron chi connectivity index (χ3n) is 3.56. The average Bonchev–Trinajstić information content (AvgIpc) is 2.64. The highest BCUT2D eigenvalue weighted by molar-refractivity contribution is 6.12. The van der Waals surface area contributed by atoms with E-state index in [9.17, 15) is 14.9 Å². The molecule has 5 heteroatoms. The number of nitro benzene ring substituents is 1. The molecule has 0 aromatic heterocycles. The van der Waals surface area contributed by atoms with Gasteiger partial charge in [-0.15, -0.1) is 0 Å². The number of hydrogen-bond acceptors (Lipinski definition) is 3. The van der Waals surface area contributed by atoms with Crippen molar-refractivity contribution in [3.05, 3.63) is 101 Å². The van der Waals surface area contributed by atoms with Crippen LogP contribution in [0.1, 0.15) is 10.4 Å². The molecule has 118 valence electrons. The molecule has 0 bridgehead atoms. The quantitative estimate of drug-likeness (QED) is 0.523. The van der Waals surface area contributed by atoms with Crippen molar-refractivity contribution in [2.45, 2.75) is 0 Å². The van der Waals surface area contributed by atoms with Crippen LogP contribution in [-0.4, -0.2) is 10.8 Å². The summed E-state index contributed by atoms with van der Waals surface area (Å²) in [5.74, 6) is -0.323. The third kappa shape index (κ3) is 3.01. The van der Waals surface area contributed by atoms with Crippen LogP contribution in [-0.2, 0) is 0 Å². The summed E-state index contributed by atoms with van der Waals surface area (Å²) in [5.41, 5.74) is 1.15. The fourth-order valence-corrected chi connectivity index (χ4v) is 2.46. The molecule has 3 aromatic rings. The normalized spacial score (nSPS) is 10.2. The Bertz CT molecular complexity index is 864. The van der Waals surface area contributed by atoms with Crippen molar-refractivity contribution in [2.75, 3.05) is 4.90 Å². The number of carbonyl (C=O) groups is 1. The van der Waals surface area contributed by atoms with Crippen LogP contribution in [0.5, 0.6) is 0 Å². The predicted octanol–water partition coefficient (Wildman–Crippen LogP) is 4.57. The molecule has 3 aromatic carbocycles. The number of rotatable bonds is 4. The van der Waals surface area contributed by atoms with Crippen LogP contribution in [0.2, 0.25) is 0 Å². The van der Waals surface area contributed by atoms with E-state index in [1.165, 1.54) is 11.0 Å². The Balaban J connectivity index is 2.18. The summed E-state index contributed by atoms with van der Waals surface area (Å²) in [6, 6.07) is 23.8. The molecule has 0 spiro atoms. The first-order chi connectivity index (χ1) is 11.7. The highest BCUT2D eigenvalue weighted by Gasteiger charge is 2.26. The van der Waals surface area contributed by atoms with Crippen LogP contribution < -0.4 is 4.90 Å². The van der Waals surface area contributed by atoms with Gasteiger partial charge in [0.1, 0.15) is 5.69 Å². The number of hydrogen-bond donors (Lipinski definition) is 0. The Kier molecular flexibility index (Phi) is 4.34. The second-order valence-corrected chi connectivity index (χ2v) is 5.09. The van der Waals surface area contributed by atoms with Gasteiger partial charge in [-0.2, -0.15) is 0 Å². The molecule has 0 aliphatic rings. The minimum Gasteiger partial charge on any atom is -0.270 e. The van der Waals surface area contributed by atoms with E-state index in [0.717, 1.165) is 0 Å². The summed E-state index contributed by atoms with van der Waals surface area (Å²) in [6.07, 6.45) is 0. The Morgan fingerprint density at radius 3 is 1.96 bits per heavy atom. The Morgan fingerprint density at radius 2 is 1.33 bits per heavy atom. The number of nitro groups is 1. The van der Waals surface area contributed by atoms with Crippen LogP contribution in [0.15, 0.2) is 84.9 Å². The van der Waals surface area contributed by atoms with Gasteiger partial charge in [-0.3, -0.25) is 19.8 Å². The van der Waals surface area contributed by atoms with Crippen LogP contribution in [0.3, 0.4) is 0 Å². The third-order valence-corrected chi connectivity index (χ3v) is 3.56. The van der Waals surface area contributed by atoms with E-state index in [1.807, 2.05) is 12.1 Å². The molecule has 5 nitrogen and oxygen atoms in total. The molecular formula is C19H14N2O3. The molecule has 0 saturated carbocycles. The maximum atomic E-state index is 13.0. The summed E-state index contributed by atoms with van der Waals surface area (Å²) in [5, 5.41) is 11.4. The molecule has 0 atom stereocenters. The largest absolute Gasteiger partial charge is 0.293 e. The molecule has 0 saturated heterocycles. The van der Waals surface area contributed by atoms with Crippen molar-refractivity contribution in [3.8, 4) is 0 Å². The lowest BCUT2D eigenvalue weighted by atomic mass is 10.1. The van der Waals surface area contributed by atoms with Gasteiger partial charge in [0.15, 0.2) is 0 Å². The number of amides is 1. The molecule has 0 fully saturated rings. The van der Waals surface area contributed by atoms with Crippen LogP contribution in [0.4, 0.5) is 17.1 Å². The number of nitrogens with zero attached hydrogens (tertiary/aromatic N) is 2. The van der Waals surface area contributed by atoms with Crippen molar-refractivity contribution in [2.24, 2.45) is 0 Å². The van der Waals surface area contributed by atoms with E-state index in [0.29, 0.717) is 11.3 Å². The van der Waals surface area contributed by atoms with Gasteiger partial charge in [0.2, 0.25) is 0 Å². The lowest BCUT2D eigenvalue weighted by Gasteiger charge is -2.22. The molecule has 0 radical (unpaired) electrons. The van der Waals surface area contributed by atoms with Gasteiger partial charge in [0.25, 0.3) is 11.6 Å². The van der Waals surface area contributed by atoms with Gasteiger partial charge in [-0.25, -0.2) is 0 Å². The second-order valence-electron chi connectivity index (χ2n) is 5.09. The SMILES string of the molecule is O=C(c1ccccc1)N(c1ccccc1)c1ccccc1[N+](=O)[O-]. The topological polar surface area (TPSA) is 63.5 Å². The van der Waals surface area contributed by atoms with Crippen molar-refractivity contribution >= 4 is 23.0 Å². The highest BCUT2D eigenvalue weighted by Crippen LogP contribution is 2.34. The van der Waals surface area contributed by atoms with Crippen molar-refractivity contribution in [1.29, 1.82) is 0 Å². The molecule has 0 aliphatic heterocycles. The van der Waals surface area contributed by atoms with Gasteiger partial charge in [0.05, 0.1) is 4.92 Å². The van der Waals surface area contributed by atoms with E-state index in [2.05, 4.69) is 0 Å². The van der Waals surface area contributed by atoms with E-state index < -0.39 is 4.92 Å². The molecule has 0 heterocycles. The number of para-hydroxylation sites is 3. The molecule has 0 unspecified atom stereocenters. The second kappa shape index (κ2) is 6.75. The number of carbonyl (C=O) groups excluding carboxylic acids is 1. The van der Waals surface area contributed by atoms with Gasteiger partial charge >= 0.3 is 0 Å². The first kappa shape index (κ1) is 15.4. The smallest absolute Gasteiger partial charge is 0.270 e. The molecule has 0 aliphatic carbocycles. The van der Waals surface area contributed by atoms with Gasteiger partial charge in [-0.05, 0) is 30.3 Å². The number of benzene rings is 3. The summed E-state index contributed by atoms with van der Waals surface area (Å²) < 4.78 is 0. The summed E-state index contributed by atoms with van der Waals surface area (Å²) in [4.78, 5) is 25.3. The van der Waals surface area contributed by atoms with E-state index in [1.54, 1.807) is 66.7 Å². The average molecular weight is 318 g/mol. The molecule has 0 N–H and O–H groups in total. The monoisotopic (exact) mass is 318 g/mol. The van der Waals surface area contributed by atoms with Crippen molar-refractivity contribution < 1.29 is 9.72 Å². The Hall–Kier alpha value is -3.47. The number of anilines is 2. The maximum Gasteiger partial charge on any atom is 0.293 e. The zero-order valence-corrected chi connectivity index (χ0v) is 12.7.